The normalized spacial score (nSPS) is 14.7. The average molecular weight is 450 g/mol. The van der Waals surface area contributed by atoms with Crippen LogP contribution in [-0.4, -0.2) is 55.4 Å². The number of nitrogens with zero attached hydrogens (tertiary/aromatic N) is 3. The van der Waals surface area contributed by atoms with Crippen LogP contribution in [0.5, 0.6) is 5.75 Å². The maximum absolute atomic E-state index is 13.7. The quantitative estimate of drug-likeness (QED) is 0.500. The number of methoxy groups -OCH3 is 1. The molecule has 0 aliphatic carbocycles. The van der Waals surface area contributed by atoms with E-state index < -0.39 is 0 Å². The van der Waals surface area contributed by atoms with Crippen molar-refractivity contribution in [1.82, 2.24) is 10.1 Å². The smallest absolute Gasteiger partial charge is 0.258 e. The maximum atomic E-state index is 13.7. The fraction of sp³-hybridized carbons (Fsp3) is 0.385. The number of hydrogen-bond donors (Lipinski definition) is 0. The first-order valence-electron chi connectivity index (χ1n) is 11.4. The van der Waals surface area contributed by atoms with Gasteiger partial charge in [-0.3, -0.25) is 4.79 Å². The van der Waals surface area contributed by atoms with E-state index in [1.807, 2.05) is 59.5 Å². The fourth-order valence-electron chi connectivity index (χ4n) is 4.08. The van der Waals surface area contributed by atoms with Crippen molar-refractivity contribution in [1.29, 1.82) is 0 Å². The number of anilines is 1. The predicted molar refractivity (Wildman–Crippen MR) is 128 cm³/mol. The summed E-state index contributed by atoms with van der Waals surface area (Å²) in [4.78, 5) is 17.8. The Morgan fingerprint density at radius 3 is 2.52 bits per heavy atom. The molecule has 1 aliphatic rings. The Bertz CT molecular complexity index is 1060. The van der Waals surface area contributed by atoms with Crippen LogP contribution >= 0.6 is 0 Å². The van der Waals surface area contributed by atoms with Crippen LogP contribution in [0, 0.1) is 0 Å². The fourth-order valence-corrected chi connectivity index (χ4v) is 4.08. The largest absolute Gasteiger partial charge is 0.496 e. The second-order valence-corrected chi connectivity index (χ2v) is 8.17. The summed E-state index contributed by atoms with van der Waals surface area (Å²) in [5.41, 5.74) is 3.18. The third-order valence-corrected chi connectivity index (χ3v) is 6.16. The Morgan fingerprint density at radius 2 is 1.82 bits per heavy atom. The van der Waals surface area contributed by atoms with Gasteiger partial charge in [0.15, 0.2) is 0 Å². The molecule has 0 spiro atoms. The van der Waals surface area contributed by atoms with E-state index in [4.69, 9.17) is 14.0 Å². The topological polar surface area (TPSA) is 68.0 Å². The van der Waals surface area contributed by atoms with Crippen LogP contribution in [0.15, 0.2) is 59.1 Å². The van der Waals surface area contributed by atoms with Crippen molar-refractivity contribution in [3.8, 4) is 17.0 Å². The van der Waals surface area contributed by atoms with E-state index in [1.54, 1.807) is 7.11 Å². The van der Waals surface area contributed by atoms with Crippen LogP contribution in [-0.2, 0) is 11.3 Å². The number of rotatable bonds is 8. The molecule has 3 aromatic rings. The molecule has 1 aliphatic heterocycles. The van der Waals surface area contributed by atoms with Gasteiger partial charge in [0.05, 0.1) is 38.0 Å². The number of carbonyl (C=O) groups excluding carboxylic acids is 1. The van der Waals surface area contributed by atoms with E-state index in [0.29, 0.717) is 37.0 Å². The number of benzene rings is 2. The lowest BCUT2D eigenvalue weighted by molar-refractivity contribution is 0.0668. The number of amides is 1. The number of carbonyl (C=O) groups is 1. The first-order valence-corrected chi connectivity index (χ1v) is 11.4. The lowest BCUT2D eigenvalue weighted by Crippen LogP contribution is -2.40. The SMILES string of the molecule is CCC(C)N(Cc1c(-c2ccccc2)noc1N1CCOCC1)C(=O)c1ccccc1OC. The minimum atomic E-state index is -0.0741. The molecule has 1 fully saturated rings. The van der Waals surface area contributed by atoms with E-state index in [-0.39, 0.29) is 11.9 Å². The molecule has 1 saturated heterocycles. The summed E-state index contributed by atoms with van der Waals surface area (Å²) in [5.74, 6) is 1.20. The Morgan fingerprint density at radius 1 is 1.12 bits per heavy atom. The summed E-state index contributed by atoms with van der Waals surface area (Å²) in [5, 5.41) is 4.45. The van der Waals surface area contributed by atoms with Crippen LogP contribution in [0.4, 0.5) is 5.88 Å². The third-order valence-electron chi connectivity index (χ3n) is 6.16. The van der Waals surface area contributed by atoms with Crippen LogP contribution in [0.3, 0.4) is 0 Å². The maximum Gasteiger partial charge on any atom is 0.258 e. The Balaban J connectivity index is 1.76. The minimum Gasteiger partial charge on any atom is -0.496 e. The van der Waals surface area contributed by atoms with Gasteiger partial charge in [0.1, 0.15) is 11.4 Å². The van der Waals surface area contributed by atoms with Crippen molar-refractivity contribution < 1.29 is 18.8 Å². The Hall–Kier alpha value is -3.32. The summed E-state index contributed by atoms with van der Waals surface area (Å²) >= 11 is 0. The van der Waals surface area contributed by atoms with E-state index in [0.717, 1.165) is 36.3 Å². The number of para-hydroxylation sites is 1. The van der Waals surface area contributed by atoms with Crippen molar-refractivity contribution >= 4 is 11.8 Å². The van der Waals surface area contributed by atoms with Gasteiger partial charge in [0, 0.05) is 24.7 Å². The van der Waals surface area contributed by atoms with Crippen LogP contribution in [0.1, 0.15) is 36.2 Å². The highest BCUT2D eigenvalue weighted by molar-refractivity contribution is 5.97. The monoisotopic (exact) mass is 449 g/mol. The highest BCUT2D eigenvalue weighted by Gasteiger charge is 2.30. The molecule has 7 nitrogen and oxygen atoms in total. The standard InChI is InChI=1S/C26H31N3O4/c1-4-19(2)29(25(30)21-12-8-9-13-23(21)31-3)18-22-24(20-10-6-5-7-11-20)27-33-26(22)28-14-16-32-17-15-28/h5-13,19H,4,14-18H2,1-3H3. The van der Waals surface area contributed by atoms with Gasteiger partial charge >= 0.3 is 0 Å². The molecule has 174 valence electrons. The van der Waals surface area contributed by atoms with Crippen LogP contribution < -0.4 is 9.64 Å². The molecule has 2 aromatic carbocycles. The van der Waals surface area contributed by atoms with Gasteiger partial charge in [-0.1, -0.05) is 54.5 Å². The molecule has 0 N–H and O–H groups in total. The number of ether oxygens (including phenoxy) is 2. The lowest BCUT2D eigenvalue weighted by Gasteiger charge is -2.31. The predicted octanol–water partition coefficient (Wildman–Crippen LogP) is 4.63. The summed E-state index contributed by atoms with van der Waals surface area (Å²) in [6.07, 6.45) is 0.819. The molecular weight excluding hydrogens is 418 g/mol. The number of aromatic nitrogens is 1. The van der Waals surface area contributed by atoms with Crippen molar-refractivity contribution in [3.63, 3.8) is 0 Å². The van der Waals surface area contributed by atoms with Gasteiger partial charge in [-0.05, 0) is 25.5 Å². The summed E-state index contributed by atoms with van der Waals surface area (Å²) in [7, 11) is 1.59. The van der Waals surface area contributed by atoms with Gasteiger partial charge in [-0.15, -0.1) is 0 Å². The van der Waals surface area contributed by atoms with E-state index in [1.165, 1.54) is 0 Å². The molecule has 0 radical (unpaired) electrons. The van der Waals surface area contributed by atoms with Crippen LogP contribution in [0.25, 0.3) is 11.3 Å². The lowest BCUT2D eigenvalue weighted by atomic mass is 10.0. The van der Waals surface area contributed by atoms with Gasteiger partial charge in [0.25, 0.3) is 5.91 Å². The van der Waals surface area contributed by atoms with E-state index in [2.05, 4.69) is 23.9 Å². The molecule has 7 heteroatoms. The van der Waals surface area contributed by atoms with Gasteiger partial charge < -0.3 is 23.8 Å². The minimum absolute atomic E-state index is 0.0125. The third kappa shape index (κ3) is 4.88. The van der Waals surface area contributed by atoms with Gasteiger partial charge in [0.2, 0.25) is 5.88 Å². The number of morpholine rings is 1. The molecule has 1 amide bonds. The van der Waals surface area contributed by atoms with Crippen LogP contribution in [0.2, 0.25) is 0 Å². The molecule has 1 atom stereocenters. The van der Waals surface area contributed by atoms with E-state index >= 15 is 0 Å². The molecule has 1 unspecified atom stereocenters. The summed E-state index contributed by atoms with van der Waals surface area (Å²) in [6, 6.07) is 17.3. The van der Waals surface area contributed by atoms with Crippen molar-refractivity contribution in [2.24, 2.45) is 0 Å². The zero-order valence-electron chi connectivity index (χ0n) is 19.5. The van der Waals surface area contributed by atoms with Gasteiger partial charge in [-0.25, -0.2) is 0 Å². The van der Waals surface area contributed by atoms with Crippen molar-refractivity contribution in [3.05, 3.63) is 65.7 Å². The first kappa shape index (κ1) is 22.9. The van der Waals surface area contributed by atoms with E-state index in [9.17, 15) is 4.79 Å². The second kappa shape index (κ2) is 10.5. The number of hydrogen-bond acceptors (Lipinski definition) is 6. The molecule has 0 saturated carbocycles. The molecular formula is C26H31N3O4. The Labute approximate surface area is 194 Å². The molecule has 33 heavy (non-hydrogen) atoms. The van der Waals surface area contributed by atoms with Gasteiger partial charge in [-0.2, -0.15) is 0 Å². The molecule has 1 aromatic heterocycles. The van der Waals surface area contributed by atoms with Crippen molar-refractivity contribution in [2.45, 2.75) is 32.9 Å². The highest BCUT2D eigenvalue weighted by atomic mass is 16.5. The van der Waals surface area contributed by atoms with Crippen molar-refractivity contribution in [2.75, 3.05) is 38.3 Å². The Kier molecular flexibility index (Phi) is 7.29. The second-order valence-electron chi connectivity index (χ2n) is 8.17. The zero-order valence-corrected chi connectivity index (χ0v) is 19.5. The molecule has 0 bridgehead atoms. The molecule has 4 rings (SSSR count). The molecule has 2 heterocycles. The highest BCUT2D eigenvalue weighted by Crippen LogP contribution is 2.34. The zero-order chi connectivity index (χ0) is 23.2. The summed E-state index contributed by atoms with van der Waals surface area (Å²) < 4.78 is 16.9. The average Bonchev–Trinajstić information content (AvgIpc) is 3.31. The first-order chi connectivity index (χ1) is 16.1. The summed E-state index contributed by atoms with van der Waals surface area (Å²) in [6.45, 7) is 7.25.